The van der Waals surface area contributed by atoms with Gasteiger partial charge in [0.2, 0.25) is 10.9 Å². The molecule has 0 spiro atoms. The second kappa shape index (κ2) is 5.29. The van der Waals surface area contributed by atoms with Gasteiger partial charge < -0.3 is 9.15 Å². The number of nitrogens with zero attached hydrogens (tertiary/aromatic N) is 4. The van der Waals surface area contributed by atoms with Crippen LogP contribution in [-0.4, -0.2) is 32.4 Å². The molecular formula is C14H12N4O2S2. The third kappa shape index (κ3) is 2.24. The number of benzene rings is 1. The predicted molar refractivity (Wildman–Crippen MR) is 86.8 cm³/mol. The Hall–Kier alpha value is -2.06. The van der Waals surface area contributed by atoms with Gasteiger partial charge in [0.05, 0.1) is 12.8 Å². The summed E-state index contributed by atoms with van der Waals surface area (Å²) in [7, 11) is 0. The molecule has 0 N–H and O–H groups in total. The van der Waals surface area contributed by atoms with E-state index >= 15 is 0 Å². The fraction of sp³-hybridized carbons (Fsp3) is 0.214. The lowest BCUT2D eigenvalue weighted by atomic mass is 10.3. The first-order chi connectivity index (χ1) is 10.8. The van der Waals surface area contributed by atoms with E-state index in [1.807, 2.05) is 37.6 Å². The van der Waals surface area contributed by atoms with Gasteiger partial charge in [-0.25, -0.2) is 14.5 Å². The number of thioether (sulfide) groups is 1. The number of oxazole rings is 1. The zero-order chi connectivity index (χ0) is 15.1. The van der Waals surface area contributed by atoms with Crippen molar-refractivity contribution < 1.29 is 9.15 Å². The fourth-order valence-corrected chi connectivity index (χ4v) is 3.48. The molecule has 0 atom stereocenters. The molecule has 0 bridgehead atoms. The zero-order valence-corrected chi connectivity index (χ0v) is 13.6. The lowest BCUT2D eigenvalue weighted by Crippen LogP contribution is -1.90. The van der Waals surface area contributed by atoms with Crippen LogP contribution in [0.2, 0.25) is 0 Å². The van der Waals surface area contributed by atoms with Gasteiger partial charge >= 0.3 is 0 Å². The van der Waals surface area contributed by atoms with Crippen molar-refractivity contribution in [3.05, 3.63) is 24.4 Å². The van der Waals surface area contributed by atoms with Crippen molar-refractivity contribution in [2.75, 3.05) is 12.9 Å². The van der Waals surface area contributed by atoms with Gasteiger partial charge in [0.15, 0.2) is 9.92 Å². The minimum Gasteiger partial charge on any atom is -0.494 e. The highest BCUT2D eigenvalue weighted by atomic mass is 32.2. The van der Waals surface area contributed by atoms with Gasteiger partial charge in [-0.1, -0.05) is 23.1 Å². The van der Waals surface area contributed by atoms with E-state index in [1.165, 1.54) is 0 Å². The summed E-state index contributed by atoms with van der Waals surface area (Å²) in [5.41, 5.74) is 2.16. The number of hydrogen-bond acceptors (Lipinski definition) is 7. The smallest absolute Gasteiger partial charge is 0.247 e. The maximum Gasteiger partial charge on any atom is 0.247 e. The third-order valence-corrected chi connectivity index (χ3v) is 4.99. The average Bonchev–Trinajstić information content (AvgIpc) is 3.18. The van der Waals surface area contributed by atoms with Gasteiger partial charge in [0, 0.05) is 6.07 Å². The largest absolute Gasteiger partial charge is 0.494 e. The van der Waals surface area contributed by atoms with Crippen LogP contribution in [-0.2, 0) is 0 Å². The van der Waals surface area contributed by atoms with E-state index in [2.05, 4.69) is 15.1 Å². The summed E-state index contributed by atoms with van der Waals surface area (Å²) in [6, 6.07) is 5.61. The fourth-order valence-electron chi connectivity index (χ4n) is 2.14. The van der Waals surface area contributed by atoms with Crippen molar-refractivity contribution in [2.24, 2.45) is 0 Å². The molecule has 0 aliphatic carbocycles. The summed E-state index contributed by atoms with van der Waals surface area (Å²) < 4.78 is 14.0. The highest BCUT2D eigenvalue weighted by Gasteiger charge is 2.15. The lowest BCUT2D eigenvalue weighted by molar-refractivity contribution is 0.340. The minimum atomic E-state index is 0.493. The van der Waals surface area contributed by atoms with E-state index in [9.17, 15) is 0 Å². The first-order valence-corrected chi connectivity index (χ1v) is 8.75. The van der Waals surface area contributed by atoms with E-state index in [1.54, 1.807) is 27.6 Å². The molecule has 4 aromatic rings. The normalized spacial score (nSPS) is 11.5. The first kappa shape index (κ1) is 13.6. The molecular weight excluding hydrogens is 320 g/mol. The highest BCUT2D eigenvalue weighted by molar-refractivity contribution is 8.00. The molecule has 3 aromatic heterocycles. The standard InChI is InChI=1S/C14H12N4O2S2/c1-3-19-8-4-5-9-11(6-8)20-12(15-9)10-7-18-13(16-10)22-14(17-18)21-2/h4-7H,3H2,1-2H3. The topological polar surface area (TPSA) is 65.5 Å². The van der Waals surface area contributed by atoms with Crippen molar-refractivity contribution >= 4 is 39.2 Å². The Morgan fingerprint density at radius 1 is 1.36 bits per heavy atom. The van der Waals surface area contributed by atoms with Crippen molar-refractivity contribution in [3.8, 4) is 17.3 Å². The maximum absolute atomic E-state index is 5.80. The molecule has 0 unspecified atom stereocenters. The maximum atomic E-state index is 5.80. The molecule has 0 saturated carbocycles. The van der Waals surface area contributed by atoms with E-state index < -0.39 is 0 Å². The van der Waals surface area contributed by atoms with Gasteiger partial charge in [-0.15, -0.1) is 5.10 Å². The number of ether oxygens (including phenoxy) is 1. The summed E-state index contributed by atoms with van der Waals surface area (Å²) >= 11 is 3.15. The number of imidazole rings is 1. The molecule has 112 valence electrons. The molecule has 8 heteroatoms. The summed E-state index contributed by atoms with van der Waals surface area (Å²) in [5, 5.41) is 4.42. The molecule has 0 fully saturated rings. The molecule has 1 aromatic carbocycles. The predicted octanol–water partition coefficient (Wildman–Crippen LogP) is 3.72. The van der Waals surface area contributed by atoms with Crippen LogP contribution in [0.25, 0.3) is 27.6 Å². The van der Waals surface area contributed by atoms with Crippen LogP contribution >= 0.6 is 23.1 Å². The van der Waals surface area contributed by atoms with E-state index in [-0.39, 0.29) is 0 Å². The summed E-state index contributed by atoms with van der Waals surface area (Å²) in [5.74, 6) is 1.27. The average molecular weight is 332 g/mol. The summed E-state index contributed by atoms with van der Waals surface area (Å²) in [6.07, 6.45) is 3.83. The van der Waals surface area contributed by atoms with Gasteiger partial charge in [0.25, 0.3) is 0 Å². The van der Waals surface area contributed by atoms with Crippen LogP contribution in [0.1, 0.15) is 6.92 Å². The van der Waals surface area contributed by atoms with Crippen molar-refractivity contribution in [1.29, 1.82) is 0 Å². The molecule has 6 nitrogen and oxygen atoms in total. The van der Waals surface area contributed by atoms with Crippen LogP contribution in [0.5, 0.6) is 5.75 Å². The molecule has 0 amide bonds. The SMILES string of the molecule is CCOc1ccc2nc(-c3cn4nc(SC)sc4n3)oc2c1. The van der Waals surface area contributed by atoms with Crippen molar-refractivity contribution in [1.82, 2.24) is 19.6 Å². The van der Waals surface area contributed by atoms with E-state index in [0.29, 0.717) is 23.8 Å². The lowest BCUT2D eigenvalue weighted by Gasteiger charge is -2.00. The molecule has 0 aliphatic heterocycles. The van der Waals surface area contributed by atoms with Crippen molar-refractivity contribution in [2.45, 2.75) is 11.3 Å². The van der Waals surface area contributed by atoms with E-state index in [0.717, 1.165) is 20.6 Å². The Labute approximate surface area is 134 Å². The number of hydrogen-bond donors (Lipinski definition) is 0. The van der Waals surface area contributed by atoms with Crippen LogP contribution < -0.4 is 4.74 Å². The van der Waals surface area contributed by atoms with Gasteiger partial charge in [-0.05, 0) is 25.3 Å². The number of rotatable bonds is 4. The zero-order valence-electron chi connectivity index (χ0n) is 11.9. The Bertz CT molecular complexity index is 925. The van der Waals surface area contributed by atoms with Crippen LogP contribution in [0.15, 0.2) is 33.2 Å². The van der Waals surface area contributed by atoms with Crippen LogP contribution in [0.4, 0.5) is 0 Å². The van der Waals surface area contributed by atoms with Crippen molar-refractivity contribution in [3.63, 3.8) is 0 Å². The van der Waals surface area contributed by atoms with Gasteiger partial charge in [-0.2, -0.15) is 0 Å². The van der Waals surface area contributed by atoms with Gasteiger partial charge in [0.1, 0.15) is 17.0 Å². The second-order valence-electron chi connectivity index (χ2n) is 4.51. The third-order valence-electron chi connectivity index (χ3n) is 3.09. The Morgan fingerprint density at radius 3 is 3.05 bits per heavy atom. The van der Waals surface area contributed by atoms with Crippen LogP contribution in [0.3, 0.4) is 0 Å². The quantitative estimate of drug-likeness (QED) is 0.531. The first-order valence-electron chi connectivity index (χ1n) is 6.71. The molecule has 22 heavy (non-hydrogen) atoms. The molecule has 0 aliphatic rings. The summed E-state index contributed by atoms with van der Waals surface area (Å²) in [4.78, 5) is 9.83. The molecule has 4 rings (SSSR count). The Balaban J connectivity index is 1.76. The van der Waals surface area contributed by atoms with Crippen LogP contribution in [0, 0.1) is 0 Å². The molecule has 3 heterocycles. The molecule has 0 radical (unpaired) electrons. The monoisotopic (exact) mass is 332 g/mol. The highest BCUT2D eigenvalue weighted by Crippen LogP contribution is 2.29. The number of fused-ring (bicyclic) bond motifs is 2. The van der Waals surface area contributed by atoms with E-state index in [4.69, 9.17) is 9.15 Å². The molecule has 0 saturated heterocycles. The number of aromatic nitrogens is 4. The van der Waals surface area contributed by atoms with Gasteiger partial charge in [-0.3, -0.25) is 0 Å². The minimum absolute atomic E-state index is 0.493. The summed E-state index contributed by atoms with van der Waals surface area (Å²) in [6.45, 7) is 2.57. The second-order valence-corrected chi connectivity index (χ2v) is 6.52. The Morgan fingerprint density at radius 2 is 2.27 bits per heavy atom. The Kier molecular flexibility index (Phi) is 3.27.